The van der Waals surface area contributed by atoms with Gasteiger partial charge in [0.1, 0.15) is 5.82 Å². The minimum atomic E-state index is -4.56. The van der Waals surface area contributed by atoms with Crippen molar-refractivity contribution in [3.05, 3.63) is 24.2 Å². The monoisotopic (exact) mass is 302 g/mol. The van der Waals surface area contributed by atoms with E-state index in [1.807, 2.05) is 5.43 Å². The van der Waals surface area contributed by atoms with E-state index in [9.17, 15) is 13.2 Å². The molecular formula is C10H13F3N8. The number of nitrogen functional groups attached to an aromatic ring is 1. The molecule has 114 valence electrons. The molecular weight excluding hydrogens is 289 g/mol. The van der Waals surface area contributed by atoms with Gasteiger partial charge < -0.3 is 5.32 Å². The van der Waals surface area contributed by atoms with E-state index in [2.05, 4.69) is 25.6 Å². The Morgan fingerprint density at radius 2 is 2.10 bits per heavy atom. The van der Waals surface area contributed by atoms with E-state index in [1.165, 1.54) is 0 Å². The third-order valence-electron chi connectivity index (χ3n) is 2.49. The first kappa shape index (κ1) is 15.0. The van der Waals surface area contributed by atoms with Crippen molar-refractivity contribution in [2.75, 3.05) is 17.3 Å². The first-order chi connectivity index (χ1) is 9.99. The molecule has 2 heterocycles. The van der Waals surface area contributed by atoms with E-state index in [0.29, 0.717) is 19.5 Å². The van der Waals surface area contributed by atoms with E-state index < -0.39 is 11.9 Å². The van der Waals surface area contributed by atoms with Gasteiger partial charge in [-0.05, 0) is 6.42 Å². The van der Waals surface area contributed by atoms with Gasteiger partial charge in [0.15, 0.2) is 5.69 Å². The van der Waals surface area contributed by atoms with Crippen molar-refractivity contribution in [3.63, 3.8) is 0 Å². The van der Waals surface area contributed by atoms with Crippen molar-refractivity contribution in [2.45, 2.75) is 19.1 Å². The molecule has 11 heteroatoms. The van der Waals surface area contributed by atoms with Gasteiger partial charge in [0.2, 0.25) is 5.95 Å². The summed E-state index contributed by atoms with van der Waals surface area (Å²) in [7, 11) is 0. The zero-order valence-electron chi connectivity index (χ0n) is 10.8. The second-order valence-electron chi connectivity index (χ2n) is 4.05. The fourth-order valence-corrected chi connectivity index (χ4v) is 1.56. The molecule has 0 spiro atoms. The number of hydrogen-bond donors (Lipinski definition) is 3. The molecule has 2 rings (SSSR count). The summed E-state index contributed by atoms with van der Waals surface area (Å²) in [4.78, 5) is 7.06. The Labute approximate surface area is 117 Å². The van der Waals surface area contributed by atoms with Gasteiger partial charge in [-0.25, -0.2) is 10.8 Å². The van der Waals surface area contributed by atoms with E-state index in [4.69, 9.17) is 5.84 Å². The summed E-state index contributed by atoms with van der Waals surface area (Å²) in [6, 6.07) is 0.830. The maximum atomic E-state index is 12.7. The third-order valence-corrected chi connectivity index (χ3v) is 2.49. The number of aromatic nitrogens is 5. The lowest BCUT2D eigenvalue weighted by Crippen LogP contribution is -2.17. The predicted molar refractivity (Wildman–Crippen MR) is 68.0 cm³/mol. The quantitative estimate of drug-likeness (QED) is 0.413. The fourth-order valence-electron chi connectivity index (χ4n) is 1.56. The number of alkyl halides is 3. The number of anilines is 2. The van der Waals surface area contributed by atoms with Crippen LogP contribution in [0.5, 0.6) is 0 Å². The molecule has 2 aromatic rings. The van der Waals surface area contributed by atoms with Crippen LogP contribution in [0.1, 0.15) is 12.1 Å². The summed E-state index contributed by atoms with van der Waals surface area (Å²) in [6.45, 7) is 1.00. The SMILES string of the molecule is NNc1nc(NCCCn2ccnn2)cc(C(F)(F)F)n1. The van der Waals surface area contributed by atoms with Gasteiger partial charge in [-0.1, -0.05) is 5.21 Å². The molecule has 0 saturated heterocycles. The van der Waals surface area contributed by atoms with Crippen LogP contribution < -0.4 is 16.6 Å². The topological polar surface area (TPSA) is 107 Å². The van der Waals surface area contributed by atoms with Gasteiger partial charge in [0, 0.05) is 25.4 Å². The number of nitrogens with one attached hydrogen (secondary N) is 2. The van der Waals surface area contributed by atoms with Crippen molar-refractivity contribution < 1.29 is 13.2 Å². The molecule has 0 aliphatic carbocycles. The summed E-state index contributed by atoms with van der Waals surface area (Å²) in [5, 5.41) is 10.2. The van der Waals surface area contributed by atoms with Crippen molar-refractivity contribution in [1.29, 1.82) is 0 Å². The van der Waals surface area contributed by atoms with Crippen LogP contribution in [-0.4, -0.2) is 31.5 Å². The lowest BCUT2D eigenvalue weighted by molar-refractivity contribution is -0.141. The van der Waals surface area contributed by atoms with Crippen LogP contribution in [-0.2, 0) is 12.7 Å². The van der Waals surface area contributed by atoms with E-state index in [0.717, 1.165) is 6.07 Å². The van der Waals surface area contributed by atoms with E-state index in [1.54, 1.807) is 17.1 Å². The first-order valence-electron chi connectivity index (χ1n) is 6.00. The van der Waals surface area contributed by atoms with E-state index >= 15 is 0 Å². The second-order valence-corrected chi connectivity index (χ2v) is 4.05. The number of halogens is 3. The number of rotatable bonds is 6. The predicted octanol–water partition coefficient (Wildman–Crippen LogP) is 0.875. The highest BCUT2D eigenvalue weighted by Gasteiger charge is 2.33. The van der Waals surface area contributed by atoms with Crippen LogP contribution in [0.25, 0.3) is 0 Å². The van der Waals surface area contributed by atoms with Crippen molar-refractivity contribution in [1.82, 2.24) is 25.0 Å². The maximum Gasteiger partial charge on any atom is 0.433 e. The van der Waals surface area contributed by atoms with Crippen LogP contribution in [0, 0.1) is 0 Å². The highest BCUT2D eigenvalue weighted by molar-refractivity contribution is 5.42. The maximum absolute atomic E-state index is 12.7. The highest BCUT2D eigenvalue weighted by Crippen LogP contribution is 2.29. The number of hydrazine groups is 1. The Bertz CT molecular complexity index is 568. The first-order valence-corrected chi connectivity index (χ1v) is 6.00. The molecule has 0 aliphatic rings. The van der Waals surface area contributed by atoms with Crippen LogP contribution in [0.4, 0.5) is 24.9 Å². The lowest BCUT2D eigenvalue weighted by atomic mass is 10.3. The van der Waals surface area contributed by atoms with Gasteiger partial charge in [-0.2, -0.15) is 18.2 Å². The van der Waals surface area contributed by atoms with Crippen molar-refractivity contribution in [3.8, 4) is 0 Å². The largest absolute Gasteiger partial charge is 0.433 e. The summed E-state index contributed by atoms with van der Waals surface area (Å²) >= 11 is 0. The third kappa shape index (κ3) is 4.27. The van der Waals surface area contributed by atoms with Crippen LogP contribution in [0.2, 0.25) is 0 Å². The molecule has 8 nitrogen and oxygen atoms in total. The number of nitrogens with zero attached hydrogens (tertiary/aromatic N) is 5. The Morgan fingerprint density at radius 1 is 1.29 bits per heavy atom. The molecule has 21 heavy (non-hydrogen) atoms. The molecule has 0 amide bonds. The summed E-state index contributed by atoms with van der Waals surface area (Å²) in [6.07, 6.45) is -0.679. The van der Waals surface area contributed by atoms with Crippen LogP contribution >= 0.6 is 0 Å². The van der Waals surface area contributed by atoms with Gasteiger partial charge in [0.05, 0.1) is 6.20 Å². The highest BCUT2D eigenvalue weighted by atomic mass is 19.4. The Kier molecular flexibility index (Phi) is 4.52. The molecule has 0 saturated carbocycles. The molecule has 0 atom stereocenters. The molecule has 0 aliphatic heterocycles. The minimum absolute atomic E-state index is 0.0452. The summed E-state index contributed by atoms with van der Waals surface area (Å²) in [5.41, 5.74) is 0.943. The van der Waals surface area contributed by atoms with Gasteiger partial charge in [0.25, 0.3) is 0 Å². The zero-order valence-corrected chi connectivity index (χ0v) is 10.8. The molecule has 0 bridgehead atoms. The molecule has 0 aromatic carbocycles. The number of nitrogens with two attached hydrogens (primary N) is 1. The average Bonchev–Trinajstić information content (AvgIpc) is 2.95. The fraction of sp³-hybridized carbons (Fsp3) is 0.400. The van der Waals surface area contributed by atoms with Gasteiger partial charge in [-0.15, -0.1) is 5.10 Å². The van der Waals surface area contributed by atoms with Gasteiger partial charge >= 0.3 is 6.18 Å². The Balaban J connectivity index is 1.95. The molecule has 0 fully saturated rings. The molecule has 2 aromatic heterocycles. The Morgan fingerprint density at radius 3 is 2.71 bits per heavy atom. The molecule has 0 radical (unpaired) electrons. The smallest absolute Gasteiger partial charge is 0.370 e. The zero-order chi connectivity index (χ0) is 15.3. The second kappa shape index (κ2) is 6.35. The lowest BCUT2D eigenvalue weighted by Gasteiger charge is -2.11. The minimum Gasteiger partial charge on any atom is -0.370 e. The molecule has 4 N–H and O–H groups in total. The normalized spacial score (nSPS) is 11.4. The number of hydrogen-bond acceptors (Lipinski definition) is 7. The molecule has 0 unspecified atom stereocenters. The summed E-state index contributed by atoms with van der Waals surface area (Å²) < 4.78 is 39.6. The number of aryl methyl sites for hydroxylation is 1. The van der Waals surface area contributed by atoms with Crippen LogP contribution in [0.3, 0.4) is 0 Å². The van der Waals surface area contributed by atoms with Gasteiger partial charge in [-0.3, -0.25) is 10.1 Å². The standard InChI is InChI=1S/C10H13F3N8/c11-10(12,13)7-6-8(18-9(17-7)19-14)15-2-1-4-21-5-3-16-20-21/h3,5-6H,1-2,4,14H2,(H2,15,17,18,19). The van der Waals surface area contributed by atoms with Crippen molar-refractivity contribution >= 4 is 11.8 Å². The van der Waals surface area contributed by atoms with Crippen molar-refractivity contribution in [2.24, 2.45) is 5.84 Å². The summed E-state index contributed by atoms with van der Waals surface area (Å²) in [5.74, 6) is 4.80. The van der Waals surface area contributed by atoms with Crippen LogP contribution in [0.15, 0.2) is 18.5 Å². The van der Waals surface area contributed by atoms with E-state index in [-0.39, 0.29) is 11.8 Å². The average molecular weight is 302 g/mol. The Hall–Kier alpha value is -2.43.